The van der Waals surface area contributed by atoms with Crippen molar-refractivity contribution >= 4 is 5.91 Å². The summed E-state index contributed by atoms with van der Waals surface area (Å²) >= 11 is 0. The Bertz CT molecular complexity index is 596. The van der Waals surface area contributed by atoms with E-state index >= 15 is 0 Å². The largest absolute Gasteiger partial charge is 0.397 e. The van der Waals surface area contributed by atoms with Crippen molar-refractivity contribution in [1.29, 1.82) is 0 Å². The van der Waals surface area contributed by atoms with Crippen LogP contribution in [-0.4, -0.2) is 47.3 Å². The number of hydrogen-bond donors (Lipinski definition) is 0. The van der Waals surface area contributed by atoms with Crippen LogP contribution < -0.4 is 0 Å². The quantitative estimate of drug-likeness (QED) is 0.838. The third kappa shape index (κ3) is 3.40. The van der Waals surface area contributed by atoms with E-state index in [-0.39, 0.29) is 24.5 Å². The summed E-state index contributed by atoms with van der Waals surface area (Å²) in [6.45, 7) is 0.734. The predicted octanol–water partition coefficient (Wildman–Crippen LogP) is 2.65. The fourth-order valence-electron chi connectivity index (χ4n) is 3.96. The second kappa shape index (κ2) is 6.34. The van der Waals surface area contributed by atoms with Crippen LogP contribution in [0.25, 0.3) is 0 Å². The zero-order chi connectivity index (χ0) is 17.4. The molecule has 0 radical (unpaired) electrons. The Labute approximate surface area is 137 Å². The van der Waals surface area contributed by atoms with Gasteiger partial charge in [0.05, 0.1) is 5.92 Å². The van der Waals surface area contributed by atoms with Crippen LogP contribution in [0.4, 0.5) is 13.2 Å². The number of methoxy groups -OCH3 is 1. The van der Waals surface area contributed by atoms with Gasteiger partial charge in [-0.2, -0.15) is 18.2 Å². The fourth-order valence-corrected chi connectivity index (χ4v) is 3.96. The predicted molar refractivity (Wildman–Crippen MR) is 75.9 cm³/mol. The molecule has 0 aromatic carbocycles. The van der Waals surface area contributed by atoms with Crippen molar-refractivity contribution in [2.24, 2.45) is 5.41 Å². The van der Waals surface area contributed by atoms with Gasteiger partial charge in [0, 0.05) is 25.6 Å². The number of hydrogen-bond acceptors (Lipinski definition) is 5. The van der Waals surface area contributed by atoms with Crippen molar-refractivity contribution in [1.82, 2.24) is 15.0 Å². The molecule has 2 aliphatic rings. The number of ether oxygens (including phenoxy) is 1. The molecule has 1 spiro atoms. The molecule has 3 rings (SSSR count). The molecule has 1 aliphatic carbocycles. The number of halogens is 3. The Kier molecular flexibility index (Phi) is 4.54. The van der Waals surface area contributed by atoms with Crippen molar-refractivity contribution in [3.8, 4) is 0 Å². The zero-order valence-corrected chi connectivity index (χ0v) is 13.4. The number of aromatic nitrogens is 2. The first-order valence-corrected chi connectivity index (χ1v) is 7.99. The van der Waals surface area contributed by atoms with Crippen molar-refractivity contribution in [3.63, 3.8) is 0 Å². The highest BCUT2D eigenvalue weighted by Crippen LogP contribution is 2.53. The molecule has 1 amide bonds. The highest BCUT2D eigenvalue weighted by Gasteiger charge is 2.52. The maximum Gasteiger partial charge on any atom is 0.397 e. The van der Waals surface area contributed by atoms with Gasteiger partial charge in [-0.05, 0) is 12.8 Å². The minimum Gasteiger partial charge on any atom is -0.377 e. The monoisotopic (exact) mass is 347 g/mol. The number of alkyl halides is 3. The topological polar surface area (TPSA) is 68.5 Å². The molecule has 134 valence electrons. The lowest BCUT2D eigenvalue weighted by Crippen LogP contribution is -2.34. The minimum atomic E-state index is -4.49. The first-order valence-electron chi connectivity index (χ1n) is 7.99. The van der Waals surface area contributed by atoms with Gasteiger partial charge in [-0.3, -0.25) is 4.79 Å². The molecule has 2 fully saturated rings. The Morgan fingerprint density at radius 3 is 2.75 bits per heavy atom. The average molecular weight is 347 g/mol. The van der Waals surface area contributed by atoms with Crippen molar-refractivity contribution in [3.05, 3.63) is 11.7 Å². The van der Waals surface area contributed by atoms with Gasteiger partial charge < -0.3 is 14.2 Å². The maximum atomic E-state index is 12.5. The molecule has 24 heavy (non-hydrogen) atoms. The van der Waals surface area contributed by atoms with E-state index in [4.69, 9.17) is 9.26 Å². The molecule has 9 heteroatoms. The summed E-state index contributed by atoms with van der Waals surface area (Å²) < 4.78 is 47.9. The second-order valence-corrected chi connectivity index (χ2v) is 6.67. The molecule has 1 saturated carbocycles. The van der Waals surface area contributed by atoms with E-state index in [0.717, 1.165) is 25.7 Å². The number of nitrogens with zero attached hydrogens (tertiary/aromatic N) is 3. The fraction of sp³-hybridized carbons (Fsp3) is 0.800. The van der Waals surface area contributed by atoms with E-state index < -0.39 is 18.5 Å². The number of likely N-dealkylation sites (tertiary alicyclic amines) is 1. The molecular formula is C15H20F3N3O3. The first kappa shape index (κ1) is 17.2. The molecule has 2 heterocycles. The number of carbonyl (C=O) groups excluding carboxylic acids is 1. The van der Waals surface area contributed by atoms with Crippen LogP contribution in [0.1, 0.15) is 49.7 Å². The Morgan fingerprint density at radius 2 is 2.12 bits per heavy atom. The lowest BCUT2D eigenvalue weighted by atomic mass is 9.76. The summed E-state index contributed by atoms with van der Waals surface area (Å²) in [5.41, 5.74) is -0.252. The lowest BCUT2D eigenvalue weighted by Gasteiger charge is -2.27. The zero-order valence-electron chi connectivity index (χ0n) is 13.4. The molecule has 1 saturated heterocycles. The lowest BCUT2D eigenvalue weighted by molar-refractivity contribution is -0.160. The van der Waals surface area contributed by atoms with Gasteiger partial charge in [-0.15, -0.1) is 0 Å². The van der Waals surface area contributed by atoms with Crippen LogP contribution in [0.2, 0.25) is 0 Å². The molecule has 0 bridgehead atoms. The first-order chi connectivity index (χ1) is 11.3. The van der Waals surface area contributed by atoms with Gasteiger partial charge in [0.15, 0.2) is 5.82 Å². The maximum absolute atomic E-state index is 12.5. The molecule has 1 aromatic heterocycles. The van der Waals surface area contributed by atoms with Gasteiger partial charge >= 0.3 is 6.18 Å². The summed E-state index contributed by atoms with van der Waals surface area (Å²) in [6.07, 6.45) is -2.21. The van der Waals surface area contributed by atoms with E-state index in [1.54, 1.807) is 0 Å². The number of rotatable bonds is 4. The van der Waals surface area contributed by atoms with E-state index in [0.29, 0.717) is 18.3 Å². The highest BCUT2D eigenvalue weighted by molar-refractivity contribution is 5.77. The second-order valence-electron chi connectivity index (χ2n) is 6.67. The van der Waals surface area contributed by atoms with Crippen molar-refractivity contribution in [2.45, 2.75) is 50.8 Å². The van der Waals surface area contributed by atoms with E-state index in [1.807, 2.05) is 0 Å². The Morgan fingerprint density at radius 1 is 1.42 bits per heavy atom. The normalized spacial score (nSPS) is 23.3. The van der Waals surface area contributed by atoms with Gasteiger partial charge in [0.1, 0.15) is 13.0 Å². The molecule has 0 N–H and O–H groups in total. The molecular weight excluding hydrogens is 327 g/mol. The highest BCUT2D eigenvalue weighted by atomic mass is 19.4. The third-order valence-electron chi connectivity index (χ3n) is 5.01. The summed E-state index contributed by atoms with van der Waals surface area (Å²) in [6, 6.07) is 0. The molecule has 1 aromatic rings. The van der Waals surface area contributed by atoms with Crippen LogP contribution in [0.5, 0.6) is 0 Å². The van der Waals surface area contributed by atoms with Gasteiger partial charge in [0.2, 0.25) is 11.8 Å². The number of carbonyl (C=O) groups is 1. The Hall–Kier alpha value is -1.64. The van der Waals surface area contributed by atoms with Crippen LogP contribution in [0, 0.1) is 5.41 Å². The molecule has 6 nitrogen and oxygen atoms in total. The van der Waals surface area contributed by atoms with Crippen LogP contribution in [0.15, 0.2) is 4.52 Å². The van der Waals surface area contributed by atoms with E-state index in [2.05, 4.69) is 10.1 Å². The Balaban J connectivity index is 1.80. The summed E-state index contributed by atoms with van der Waals surface area (Å²) in [5.74, 6) is -0.296. The number of amides is 1. The van der Waals surface area contributed by atoms with E-state index in [9.17, 15) is 18.0 Å². The average Bonchev–Trinajstić information content (AvgIpc) is 3.19. The summed E-state index contributed by atoms with van der Waals surface area (Å²) in [5, 5.41) is 3.84. The van der Waals surface area contributed by atoms with Crippen LogP contribution in [0.3, 0.4) is 0 Å². The SMILES string of the molecule is COCc1noc(C2CN(C(=O)CC(F)(F)F)CC23CCCC3)n1. The van der Waals surface area contributed by atoms with E-state index in [1.165, 1.54) is 12.0 Å². The van der Waals surface area contributed by atoms with Gasteiger partial charge in [0.25, 0.3) is 0 Å². The smallest absolute Gasteiger partial charge is 0.377 e. The van der Waals surface area contributed by atoms with Crippen LogP contribution in [-0.2, 0) is 16.1 Å². The molecule has 1 unspecified atom stereocenters. The van der Waals surface area contributed by atoms with Gasteiger partial charge in [-0.25, -0.2) is 0 Å². The third-order valence-corrected chi connectivity index (χ3v) is 5.01. The minimum absolute atomic E-state index is 0.198. The van der Waals surface area contributed by atoms with Gasteiger partial charge in [-0.1, -0.05) is 18.0 Å². The van der Waals surface area contributed by atoms with Crippen LogP contribution >= 0.6 is 0 Å². The standard InChI is InChI=1S/C15H20F3N3O3/c1-23-8-11-19-13(24-20-11)10-7-21(12(22)6-15(16,17)18)9-14(10)4-2-3-5-14/h10H,2-9H2,1H3. The van der Waals surface area contributed by atoms with Crippen molar-refractivity contribution < 1.29 is 27.2 Å². The summed E-state index contributed by atoms with van der Waals surface area (Å²) in [4.78, 5) is 17.6. The van der Waals surface area contributed by atoms with Crippen molar-refractivity contribution in [2.75, 3.05) is 20.2 Å². The molecule has 1 atom stereocenters. The molecule has 1 aliphatic heterocycles. The summed E-state index contributed by atoms with van der Waals surface area (Å²) in [7, 11) is 1.52.